The van der Waals surface area contributed by atoms with Gasteiger partial charge in [0.1, 0.15) is 0 Å². The second-order valence-electron chi connectivity index (χ2n) is 1.91. The lowest BCUT2D eigenvalue weighted by Crippen LogP contribution is -1.74. The van der Waals surface area contributed by atoms with Crippen molar-refractivity contribution in [2.75, 3.05) is 6.26 Å². The summed E-state index contributed by atoms with van der Waals surface area (Å²) in [5.74, 6) is 0. The average molecular weight is 228 g/mol. The second-order valence-corrected chi connectivity index (χ2v) is 3.98. The zero-order chi connectivity index (χ0) is 8.43. The highest BCUT2D eigenvalue weighted by Gasteiger charge is 2.04. The molecule has 0 saturated heterocycles. The predicted molar refractivity (Wildman–Crippen MR) is 53.3 cm³/mol. The van der Waals surface area contributed by atoms with E-state index in [9.17, 15) is 0 Å². The standard InChI is InChI=1S/C7H5Cl3S/c1-11-4-2-5(8)7(10)6(9)3-4/h2-3H,1H3. The van der Waals surface area contributed by atoms with Crippen molar-refractivity contribution in [1.82, 2.24) is 0 Å². The fourth-order valence-electron chi connectivity index (χ4n) is 0.650. The lowest BCUT2D eigenvalue weighted by Gasteiger charge is -2.01. The molecule has 0 unspecified atom stereocenters. The Bertz CT molecular complexity index is 249. The molecule has 0 aliphatic heterocycles. The summed E-state index contributed by atoms with van der Waals surface area (Å²) >= 11 is 18.8. The van der Waals surface area contributed by atoms with Crippen LogP contribution in [0.2, 0.25) is 15.1 Å². The van der Waals surface area contributed by atoms with E-state index in [1.54, 1.807) is 23.9 Å². The summed E-state index contributed by atoms with van der Waals surface area (Å²) in [5, 5.41) is 1.43. The van der Waals surface area contributed by atoms with E-state index < -0.39 is 0 Å². The van der Waals surface area contributed by atoms with Gasteiger partial charge in [0, 0.05) is 4.90 Å². The Morgan fingerprint density at radius 2 is 1.55 bits per heavy atom. The molecule has 0 bridgehead atoms. The van der Waals surface area contributed by atoms with Crippen molar-refractivity contribution in [3.8, 4) is 0 Å². The van der Waals surface area contributed by atoms with Crippen LogP contribution in [0.5, 0.6) is 0 Å². The van der Waals surface area contributed by atoms with E-state index in [2.05, 4.69) is 0 Å². The minimum atomic E-state index is 0.422. The van der Waals surface area contributed by atoms with Crippen molar-refractivity contribution in [2.45, 2.75) is 4.90 Å². The van der Waals surface area contributed by atoms with Crippen LogP contribution in [0, 0.1) is 0 Å². The van der Waals surface area contributed by atoms with E-state index in [1.807, 2.05) is 6.26 Å². The molecule has 0 N–H and O–H groups in total. The van der Waals surface area contributed by atoms with Crippen LogP contribution in [0.15, 0.2) is 17.0 Å². The Morgan fingerprint density at radius 3 is 1.91 bits per heavy atom. The third-order valence-corrected chi connectivity index (χ3v) is 3.10. The molecule has 1 rings (SSSR count). The fraction of sp³-hybridized carbons (Fsp3) is 0.143. The monoisotopic (exact) mass is 226 g/mol. The van der Waals surface area contributed by atoms with Gasteiger partial charge in [0.2, 0.25) is 0 Å². The first-order chi connectivity index (χ1) is 5.15. The van der Waals surface area contributed by atoms with E-state index >= 15 is 0 Å². The van der Waals surface area contributed by atoms with Crippen LogP contribution < -0.4 is 0 Å². The van der Waals surface area contributed by atoms with Gasteiger partial charge in [0.25, 0.3) is 0 Å². The molecule has 0 fully saturated rings. The van der Waals surface area contributed by atoms with E-state index in [0.717, 1.165) is 4.90 Å². The number of hydrogen-bond acceptors (Lipinski definition) is 1. The molecule has 0 nitrogen and oxygen atoms in total. The Balaban J connectivity index is 3.21. The molecule has 0 spiro atoms. The molecular formula is C7H5Cl3S. The van der Waals surface area contributed by atoms with Crippen LogP contribution >= 0.6 is 46.6 Å². The van der Waals surface area contributed by atoms with Crippen molar-refractivity contribution in [1.29, 1.82) is 0 Å². The van der Waals surface area contributed by atoms with Gasteiger partial charge in [0.15, 0.2) is 0 Å². The number of rotatable bonds is 1. The first kappa shape index (κ1) is 9.53. The molecule has 0 amide bonds. The number of hydrogen-bond donors (Lipinski definition) is 0. The van der Waals surface area contributed by atoms with Crippen molar-refractivity contribution in [3.63, 3.8) is 0 Å². The first-order valence-electron chi connectivity index (χ1n) is 2.83. The lowest BCUT2D eigenvalue weighted by molar-refractivity contribution is 1.47. The van der Waals surface area contributed by atoms with Gasteiger partial charge in [-0.3, -0.25) is 0 Å². The minimum absolute atomic E-state index is 0.422. The smallest absolute Gasteiger partial charge is 0.0779 e. The topological polar surface area (TPSA) is 0 Å². The molecule has 1 aromatic carbocycles. The third-order valence-electron chi connectivity index (χ3n) is 1.19. The van der Waals surface area contributed by atoms with Crippen molar-refractivity contribution >= 4 is 46.6 Å². The fourth-order valence-corrected chi connectivity index (χ4v) is 1.85. The van der Waals surface area contributed by atoms with Gasteiger partial charge >= 0.3 is 0 Å². The van der Waals surface area contributed by atoms with Gasteiger partial charge in [-0.15, -0.1) is 11.8 Å². The van der Waals surface area contributed by atoms with E-state index in [1.165, 1.54) is 0 Å². The molecule has 0 radical (unpaired) electrons. The van der Waals surface area contributed by atoms with Crippen molar-refractivity contribution < 1.29 is 0 Å². The SMILES string of the molecule is CSc1cc(Cl)c(Cl)c(Cl)c1. The summed E-state index contributed by atoms with van der Waals surface area (Å²) in [7, 11) is 0. The molecule has 60 valence electrons. The lowest BCUT2D eigenvalue weighted by atomic mass is 10.4. The van der Waals surface area contributed by atoms with Gasteiger partial charge in [-0.25, -0.2) is 0 Å². The molecule has 0 saturated carbocycles. The maximum atomic E-state index is 5.77. The van der Waals surface area contributed by atoms with Crippen LogP contribution in [0.4, 0.5) is 0 Å². The number of thioether (sulfide) groups is 1. The van der Waals surface area contributed by atoms with Crippen LogP contribution in [-0.4, -0.2) is 6.26 Å². The van der Waals surface area contributed by atoms with Crippen LogP contribution in [0.3, 0.4) is 0 Å². The number of halogens is 3. The zero-order valence-corrected chi connectivity index (χ0v) is 8.78. The summed E-state index contributed by atoms with van der Waals surface area (Å²) in [6, 6.07) is 3.58. The molecule has 0 aliphatic rings. The maximum Gasteiger partial charge on any atom is 0.0779 e. The highest BCUT2D eigenvalue weighted by molar-refractivity contribution is 7.98. The largest absolute Gasteiger partial charge is 0.129 e. The molecule has 4 heteroatoms. The third kappa shape index (κ3) is 2.19. The van der Waals surface area contributed by atoms with Crippen LogP contribution in [-0.2, 0) is 0 Å². The van der Waals surface area contributed by atoms with Gasteiger partial charge in [-0.05, 0) is 18.4 Å². The highest BCUT2D eigenvalue weighted by Crippen LogP contribution is 2.33. The van der Waals surface area contributed by atoms with E-state index in [-0.39, 0.29) is 0 Å². The molecule has 0 heterocycles. The summed E-state index contributed by atoms with van der Waals surface area (Å²) < 4.78 is 0. The average Bonchev–Trinajstić information content (AvgIpc) is 1.99. The van der Waals surface area contributed by atoms with E-state index in [0.29, 0.717) is 15.1 Å². The van der Waals surface area contributed by atoms with Crippen LogP contribution in [0.1, 0.15) is 0 Å². The quantitative estimate of drug-likeness (QED) is 0.507. The zero-order valence-electron chi connectivity index (χ0n) is 5.70. The summed E-state index contributed by atoms with van der Waals surface area (Å²) in [5.41, 5.74) is 0. The highest BCUT2D eigenvalue weighted by atomic mass is 35.5. The van der Waals surface area contributed by atoms with Gasteiger partial charge < -0.3 is 0 Å². The summed E-state index contributed by atoms with van der Waals surface area (Å²) in [6.45, 7) is 0. The van der Waals surface area contributed by atoms with E-state index in [4.69, 9.17) is 34.8 Å². The Morgan fingerprint density at radius 1 is 1.09 bits per heavy atom. The van der Waals surface area contributed by atoms with Gasteiger partial charge in [0.05, 0.1) is 15.1 Å². The Hall–Kier alpha value is 0.440. The Kier molecular flexibility index (Phi) is 3.38. The molecule has 11 heavy (non-hydrogen) atoms. The van der Waals surface area contributed by atoms with Crippen LogP contribution in [0.25, 0.3) is 0 Å². The first-order valence-corrected chi connectivity index (χ1v) is 5.19. The van der Waals surface area contributed by atoms with Crippen molar-refractivity contribution in [2.24, 2.45) is 0 Å². The minimum Gasteiger partial charge on any atom is -0.129 e. The molecule has 0 atom stereocenters. The predicted octanol–water partition coefficient (Wildman–Crippen LogP) is 4.37. The summed E-state index contributed by atoms with van der Waals surface area (Å²) in [6.07, 6.45) is 1.95. The molecule has 0 aromatic heterocycles. The van der Waals surface area contributed by atoms with Gasteiger partial charge in [-0.2, -0.15) is 0 Å². The summed E-state index contributed by atoms with van der Waals surface area (Å²) in [4.78, 5) is 1.02. The maximum absolute atomic E-state index is 5.77. The Labute approximate surface area is 84.8 Å². The second kappa shape index (κ2) is 3.90. The van der Waals surface area contributed by atoms with Crippen molar-refractivity contribution in [3.05, 3.63) is 27.2 Å². The molecular weight excluding hydrogens is 223 g/mol. The molecule has 1 aromatic rings. The number of benzene rings is 1. The normalized spacial score (nSPS) is 10.2. The van der Waals surface area contributed by atoms with Gasteiger partial charge in [-0.1, -0.05) is 34.8 Å². The molecule has 0 aliphatic carbocycles.